The SMILES string of the molecule is Cn1c(-c2cc3cccc(OCCc4cnco4)c3n2CC2CC2)nc2cc3c(cc21)CCN(C[C@@H](CF)NC(=O)OC(C)(C)C)C3=O. The maximum atomic E-state index is 13.9. The first-order chi connectivity index (χ1) is 23.1. The number of para-hydroxylation sites is 1. The lowest BCUT2D eigenvalue weighted by Gasteiger charge is -2.31. The molecule has 1 N–H and O–H groups in total. The van der Waals surface area contributed by atoms with Crippen molar-refractivity contribution in [2.75, 3.05) is 26.4 Å². The van der Waals surface area contributed by atoms with E-state index in [1.807, 2.05) is 31.3 Å². The molecule has 3 aromatic heterocycles. The van der Waals surface area contributed by atoms with Gasteiger partial charge in [-0.15, -0.1) is 0 Å². The number of amides is 2. The third-order valence-electron chi connectivity index (χ3n) is 8.96. The molecule has 7 rings (SSSR count). The number of ether oxygens (including phenoxy) is 2. The molecule has 1 fully saturated rings. The minimum Gasteiger partial charge on any atom is -0.491 e. The Bertz CT molecular complexity index is 1970. The molecule has 252 valence electrons. The molecule has 11 nitrogen and oxygen atoms in total. The van der Waals surface area contributed by atoms with Crippen LogP contribution in [0.4, 0.5) is 9.18 Å². The molecular weight excluding hydrogens is 615 g/mol. The highest BCUT2D eigenvalue weighted by atomic mass is 19.1. The van der Waals surface area contributed by atoms with Crippen molar-refractivity contribution in [3.05, 3.63) is 65.9 Å². The van der Waals surface area contributed by atoms with Crippen molar-refractivity contribution in [1.29, 1.82) is 0 Å². The number of aryl methyl sites for hydroxylation is 1. The van der Waals surface area contributed by atoms with Crippen LogP contribution in [0.5, 0.6) is 5.75 Å². The minimum absolute atomic E-state index is 0.0452. The lowest BCUT2D eigenvalue weighted by molar-refractivity contribution is 0.0466. The molecule has 1 aliphatic carbocycles. The number of carbonyl (C=O) groups excluding carboxylic acids is 2. The number of halogens is 1. The molecule has 0 radical (unpaired) electrons. The van der Waals surface area contributed by atoms with Crippen LogP contribution in [-0.2, 0) is 31.2 Å². The maximum Gasteiger partial charge on any atom is 0.408 e. The van der Waals surface area contributed by atoms with E-state index in [0.717, 1.165) is 51.6 Å². The summed E-state index contributed by atoms with van der Waals surface area (Å²) in [5.41, 5.74) is 4.44. The summed E-state index contributed by atoms with van der Waals surface area (Å²) in [4.78, 5) is 36.6. The van der Waals surface area contributed by atoms with Crippen molar-refractivity contribution in [2.24, 2.45) is 13.0 Å². The molecule has 0 spiro atoms. The van der Waals surface area contributed by atoms with Crippen molar-refractivity contribution in [2.45, 2.75) is 64.6 Å². The Morgan fingerprint density at radius 1 is 1.21 bits per heavy atom. The molecule has 48 heavy (non-hydrogen) atoms. The smallest absolute Gasteiger partial charge is 0.408 e. The summed E-state index contributed by atoms with van der Waals surface area (Å²) < 4.78 is 35.3. The van der Waals surface area contributed by atoms with Gasteiger partial charge in [-0.2, -0.15) is 0 Å². The van der Waals surface area contributed by atoms with Gasteiger partial charge >= 0.3 is 6.09 Å². The second-order valence-electron chi connectivity index (χ2n) is 13.8. The Labute approximate surface area is 278 Å². The van der Waals surface area contributed by atoms with Crippen LogP contribution in [0.2, 0.25) is 0 Å². The van der Waals surface area contributed by atoms with Crippen LogP contribution in [0.1, 0.15) is 55.3 Å². The van der Waals surface area contributed by atoms with Gasteiger partial charge in [0.15, 0.2) is 12.2 Å². The number of alkyl carbamates (subject to hydrolysis) is 1. The zero-order chi connectivity index (χ0) is 33.6. The van der Waals surface area contributed by atoms with Crippen molar-refractivity contribution >= 4 is 33.9 Å². The Balaban J connectivity index is 1.18. The third-order valence-corrected chi connectivity index (χ3v) is 8.96. The first-order valence-corrected chi connectivity index (χ1v) is 16.5. The molecule has 1 saturated carbocycles. The zero-order valence-electron chi connectivity index (χ0n) is 27.8. The molecule has 5 aromatic rings. The van der Waals surface area contributed by atoms with Gasteiger partial charge in [-0.05, 0) is 75.8 Å². The molecule has 0 saturated heterocycles. The molecular formula is C36H41FN6O5. The molecule has 2 aliphatic rings. The first-order valence-electron chi connectivity index (χ1n) is 16.5. The monoisotopic (exact) mass is 656 g/mol. The fourth-order valence-corrected chi connectivity index (χ4v) is 6.46. The van der Waals surface area contributed by atoms with E-state index >= 15 is 0 Å². The fourth-order valence-electron chi connectivity index (χ4n) is 6.46. The largest absolute Gasteiger partial charge is 0.491 e. The minimum atomic E-state index is -0.875. The molecule has 0 unspecified atom stereocenters. The van der Waals surface area contributed by atoms with Gasteiger partial charge in [0.25, 0.3) is 5.91 Å². The van der Waals surface area contributed by atoms with E-state index < -0.39 is 24.4 Å². The number of alkyl halides is 1. The van der Waals surface area contributed by atoms with E-state index in [2.05, 4.69) is 31.6 Å². The molecule has 1 aliphatic heterocycles. The zero-order valence-corrected chi connectivity index (χ0v) is 27.8. The number of carbonyl (C=O) groups is 2. The van der Waals surface area contributed by atoms with E-state index in [0.29, 0.717) is 43.0 Å². The van der Waals surface area contributed by atoms with Crippen LogP contribution in [0.3, 0.4) is 0 Å². The second kappa shape index (κ2) is 12.6. The summed E-state index contributed by atoms with van der Waals surface area (Å²) in [6.45, 7) is 6.20. The number of nitrogens with zero attached hydrogens (tertiary/aromatic N) is 5. The lowest BCUT2D eigenvalue weighted by atomic mass is 9.97. The summed E-state index contributed by atoms with van der Waals surface area (Å²) in [6, 6.07) is 11.3. The number of aromatic nitrogens is 4. The summed E-state index contributed by atoms with van der Waals surface area (Å²) in [5.74, 6) is 2.79. The molecule has 2 amide bonds. The van der Waals surface area contributed by atoms with Gasteiger partial charge in [0.05, 0.1) is 41.1 Å². The van der Waals surface area contributed by atoms with Crippen molar-refractivity contribution in [3.63, 3.8) is 0 Å². The van der Waals surface area contributed by atoms with E-state index in [9.17, 15) is 14.0 Å². The van der Waals surface area contributed by atoms with Crippen LogP contribution in [0.25, 0.3) is 33.5 Å². The molecule has 4 heterocycles. The van der Waals surface area contributed by atoms with Crippen LogP contribution in [0.15, 0.2) is 53.4 Å². The summed E-state index contributed by atoms with van der Waals surface area (Å²) in [7, 11) is 2.01. The van der Waals surface area contributed by atoms with Crippen molar-refractivity contribution < 1.29 is 27.9 Å². The molecule has 0 bridgehead atoms. The van der Waals surface area contributed by atoms with Gasteiger partial charge in [-0.3, -0.25) is 4.79 Å². The molecule has 1 atom stereocenters. The van der Waals surface area contributed by atoms with Crippen LogP contribution in [-0.4, -0.2) is 74.0 Å². The van der Waals surface area contributed by atoms with Crippen LogP contribution >= 0.6 is 0 Å². The van der Waals surface area contributed by atoms with Gasteiger partial charge < -0.3 is 33.2 Å². The second-order valence-corrected chi connectivity index (χ2v) is 13.8. The highest BCUT2D eigenvalue weighted by molar-refractivity contribution is 6.01. The first kappa shape index (κ1) is 31.7. The number of benzene rings is 2. The summed E-state index contributed by atoms with van der Waals surface area (Å²) >= 11 is 0. The number of fused-ring (bicyclic) bond motifs is 3. The predicted octanol–water partition coefficient (Wildman–Crippen LogP) is 6.08. The van der Waals surface area contributed by atoms with Gasteiger partial charge in [0.2, 0.25) is 0 Å². The average molecular weight is 657 g/mol. The Morgan fingerprint density at radius 2 is 2.04 bits per heavy atom. The Kier molecular flexibility index (Phi) is 8.34. The highest BCUT2D eigenvalue weighted by Gasteiger charge is 2.31. The topological polar surface area (TPSA) is 117 Å². The molecule has 2 aromatic carbocycles. The Morgan fingerprint density at radius 3 is 2.77 bits per heavy atom. The van der Waals surface area contributed by atoms with Crippen LogP contribution in [0, 0.1) is 5.92 Å². The van der Waals surface area contributed by atoms with Crippen molar-refractivity contribution in [1.82, 2.24) is 29.3 Å². The fraction of sp³-hybridized carbons (Fsp3) is 0.444. The van der Waals surface area contributed by atoms with Crippen molar-refractivity contribution in [3.8, 4) is 17.3 Å². The lowest BCUT2D eigenvalue weighted by Crippen LogP contribution is -2.50. The van der Waals surface area contributed by atoms with E-state index in [1.54, 1.807) is 31.9 Å². The van der Waals surface area contributed by atoms with E-state index in [-0.39, 0.29) is 12.5 Å². The van der Waals surface area contributed by atoms with Gasteiger partial charge in [-0.1, -0.05) is 12.1 Å². The van der Waals surface area contributed by atoms with E-state index in [1.165, 1.54) is 19.2 Å². The normalized spacial score (nSPS) is 15.6. The Hall–Kier alpha value is -4.87. The molecule has 12 heteroatoms. The average Bonchev–Trinajstić information content (AvgIpc) is 3.41. The third kappa shape index (κ3) is 6.48. The van der Waals surface area contributed by atoms with Gasteiger partial charge in [0, 0.05) is 44.1 Å². The predicted molar refractivity (Wildman–Crippen MR) is 179 cm³/mol. The summed E-state index contributed by atoms with van der Waals surface area (Å²) in [5, 5.41) is 3.64. The van der Waals surface area contributed by atoms with Gasteiger partial charge in [0.1, 0.15) is 23.8 Å². The van der Waals surface area contributed by atoms with Crippen LogP contribution < -0.4 is 10.1 Å². The number of rotatable bonds is 11. The number of imidazole rings is 1. The standard InChI is InChI=1S/C36H41FN6O5/c1-36(2,3)48-35(45)39-25(17-37)20-42-12-10-23-14-29-28(16-27(23)34(42)44)40-33(41(29)4)30-15-24-6-5-7-31(32(24)43(30)19-22-8-9-22)46-13-11-26-18-38-21-47-26/h5-7,14-16,18,21-22,25H,8-13,17,19-20H2,1-4H3,(H,39,45)/t25-/m1/s1. The number of nitrogens with one attached hydrogen (secondary N) is 1. The quantitative estimate of drug-likeness (QED) is 0.183. The number of oxazole rings is 1. The van der Waals surface area contributed by atoms with Gasteiger partial charge in [-0.25, -0.2) is 19.2 Å². The van der Waals surface area contributed by atoms with E-state index in [4.69, 9.17) is 18.9 Å². The number of hydrogen-bond donors (Lipinski definition) is 1. The highest BCUT2D eigenvalue weighted by Crippen LogP contribution is 2.39. The maximum absolute atomic E-state index is 13.9. The summed E-state index contributed by atoms with van der Waals surface area (Å²) in [6.07, 6.45) is 6.04. The number of hydrogen-bond acceptors (Lipinski definition) is 7.